The monoisotopic (exact) mass is 380 g/mol. The van der Waals surface area contributed by atoms with Gasteiger partial charge in [-0.05, 0) is 19.3 Å². The van der Waals surface area contributed by atoms with Crippen molar-refractivity contribution in [3.8, 4) is 0 Å². The van der Waals surface area contributed by atoms with E-state index in [2.05, 4.69) is 38.8 Å². The van der Waals surface area contributed by atoms with Crippen LogP contribution in [0.25, 0.3) is 0 Å². The molecule has 0 bridgehead atoms. The van der Waals surface area contributed by atoms with Crippen LogP contribution in [-0.2, 0) is 14.2 Å². The second kappa shape index (κ2) is 7.88. The third-order valence-corrected chi connectivity index (χ3v) is 7.12. The van der Waals surface area contributed by atoms with Crippen molar-refractivity contribution < 1.29 is 19.3 Å². The van der Waals surface area contributed by atoms with Crippen molar-refractivity contribution in [2.24, 2.45) is 5.92 Å². The van der Waals surface area contributed by atoms with Gasteiger partial charge in [0.15, 0.2) is 5.79 Å². The van der Waals surface area contributed by atoms with E-state index in [1.165, 1.54) is 6.42 Å². The zero-order chi connectivity index (χ0) is 18.9. The molecule has 1 saturated carbocycles. The van der Waals surface area contributed by atoms with E-state index in [4.69, 9.17) is 14.2 Å². The second-order valence-corrected chi connectivity index (χ2v) is 14.4. The van der Waals surface area contributed by atoms with Crippen LogP contribution in [0.4, 0.5) is 0 Å². The average molecular weight is 381 g/mol. The summed E-state index contributed by atoms with van der Waals surface area (Å²) >= 11 is 0. The maximum Gasteiger partial charge on any atom is 0.169 e. The van der Waals surface area contributed by atoms with E-state index < -0.39 is 20.0 Å². The molecule has 2 saturated heterocycles. The first-order valence-electron chi connectivity index (χ1n) is 10.2. The summed E-state index contributed by atoms with van der Waals surface area (Å²) < 4.78 is 19.4. The third kappa shape index (κ3) is 4.33. The van der Waals surface area contributed by atoms with Crippen molar-refractivity contribution >= 4 is 8.07 Å². The predicted octanol–water partition coefficient (Wildman–Crippen LogP) is 4.20. The van der Waals surface area contributed by atoms with Crippen LogP contribution in [0.3, 0.4) is 0 Å². The van der Waals surface area contributed by atoms with Crippen LogP contribution in [0.15, 0.2) is 24.4 Å². The largest absolute Gasteiger partial charge is 0.386 e. The van der Waals surface area contributed by atoms with Gasteiger partial charge in [-0.25, -0.2) is 0 Å². The van der Waals surface area contributed by atoms with Gasteiger partial charge in [-0.15, -0.1) is 6.58 Å². The van der Waals surface area contributed by atoms with Crippen LogP contribution in [0.5, 0.6) is 0 Å². The number of aliphatic hydroxyl groups is 1. The van der Waals surface area contributed by atoms with E-state index >= 15 is 0 Å². The fourth-order valence-corrected chi connectivity index (χ4v) is 5.24. The zero-order valence-electron chi connectivity index (χ0n) is 16.8. The Morgan fingerprint density at radius 3 is 2.42 bits per heavy atom. The minimum absolute atomic E-state index is 0.0102. The first kappa shape index (κ1) is 20.3. The number of aliphatic hydroxyl groups excluding tert-OH is 1. The highest BCUT2D eigenvalue weighted by atomic mass is 28.3. The van der Waals surface area contributed by atoms with Gasteiger partial charge in [-0.2, -0.15) is 0 Å². The average Bonchev–Trinajstić information content (AvgIpc) is 2.94. The van der Waals surface area contributed by atoms with Crippen molar-refractivity contribution in [2.75, 3.05) is 0 Å². The van der Waals surface area contributed by atoms with E-state index in [1.54, 1.807) is 0 Å². The molecule has 6 atom stereocenters. The van der Waals surface area contributed by atoms with E-state index in [0.29, 0.717) is 0 Å². The van der Waals surface area contributed by atoms with Gasteiger partial charge < -0.3 is 19.3 Å². The molecule has 0 unspecified atom stereocenters. The lowest BCUT2D eigenvalue weighted by Gasteiger charge is -2.42. The van der Waals surface area contributed by atoms with Gasteiger partial charge in [-0.1, -0.05) is 50.8 Å². The van der Waals surface area contributed by atoms with Crippen LogP contribution < -0.4 is 0 Å². The Morgan fingerprint density at radius 1 is 1.15 bits per heavy atom. The molecule has 0 aromatic heterocycles. The van der Waals surface area contributed by atoms with E-state index in [9.17, 15) is 5.11 Å². The Labute approximate surface area is 159 Å². The Hall–Kier alpha value is -0.463. The van der Waals surface area contributed by atoms with Crippen molar-refractivity contribution in [2.45, 2.75) is 101 Å². The number of hydrogen-bond acceptors (Lipinski definition) is 4. The first-order chi connectivity index (χ1) is 12.2. The molecular formula is C21H36O4Si. The smallest absolute Gasteiger partial charge is 0.169 e. The molecule has 0 aromatic carbocycles. The van der Waals surface area contributed by atoms with Crippen LogP contribution >= 0.6 is 0 Å². The first-order valence-corrected chi connectivity index (χ1v) is 13.8. The Bertz CT molecular complexity index is 521. The summed E-state index contributed by atoms with van der Waals surface area (Å²) in [7, 11) is -1.39. The van der Waals surface area contributed by atoms with E-state index in [1.807, 2.05) is 12.2 Å². The quantitative estimate of drug-likeness (QED) is 0.573. The Balaban J connectivity index is 1.82. The molecule has 3 rings (SSSR count). The van der Waals surface area contributed by atoms with E-state index in [0.717, 1.165) is 32.1 Å². The molecule has 148 valence electrons. The summed E-state index contributed by atoms with van der Waals surface area (Å²) in [6, 6.07) is 0. The molecule has 1 N–H and O–H groups in total. The number of ether oxygens (including phenoxy) is 3. The van der Waals surface area contributed by atoms with Crippen LogP contribution in [-0.4, -0.2) is 49.5 Å². The molecule has 1 aliphatic carbocycles. The number of fused-ring (bicyclic) bond motifs is 1. The molecular weight excluding hydrogens is 344 g/mol. The van der Waals surface area contributed by atoms with Gasteiger partial charge in [0.2, 0.25) is 0 Å². The summed E-state index contributed by atoms with van der Waals surface area (Å²) in [5, 5.41) is 10.9. The summed E-state index contributed by atoms with van der Waals surface area (Å²) in [5.41, 5.74) is 2.18. The zero-order valence-corrected chi connectivity index (χ0v) is 17.8. The summed E-state index contributed by atoms with van der Waals surface area (Å²) in [4.78, 5) is 0. The molecule has 2 heterocycles. The van der Waals surface area contributed by atoms with Crippen molar-refractivity contribution in [3.05, 3.63) is 24.4 Å². The van der Waals surface area contributed by atoms with Gasteiger partial charge in [-0.3, -0.25) is 0 Å². The third-order valence-electron chi connectivity index (χ3n) is 5.93. The van der Waals surface area contributed by atoms with Gasteiger partial charge >= 0.3 is 0 Å². The minimum Gasteiger partial charge on any atom is -0.386 e. The van der Waals surface area contributed by atoms with Crippen molar-refractivity contribution in [1.82, 2.24) is 0 Å². The molecule has 0 amide bonds. The molecule has 0 aromatic rings. The molecule has 3 aliphatic rings. The second-order valence-electron chi connectivity index (χ2n) is 9.37. The lowest BCUT2D eigenvalue weighted by molar-refractivity contribution is -0.204. The van der Waals surface area contributed by atoms with Gasteiger partial charge in [0, 0.05) is 18.8 Å². The maximum absolute atomic E-state index is 10.9. The van der Waals surface area contributed by atoms with Crippen LogP contribution in [0.2, 0.25) is 19.6 Å². The Kier molecular flexibility index (Phi) is 6.14. The molecule has 5 heteroatoms. The lowest BCUT2D eigenvalue weighted by Crippen LogP contribution is -2.55. The molecule has 2 aliphatic heterocycles. The highest BCUT2D eigenvalue weighted by Gasteiger charge is 2.57. The summed E-state index contributed by atoms with van der Waals surface area (Å²) in [6.07, 6.45) is 8.76. The SMILES string of the molecule is C=CC[C@@H]1O[C@@H]([C@@H](O)/C=C/[Si](C)(C)C)[C@H]2OC3(CCCCC3)O[C@H]2[C@H]1C. The normalized spacial score (nSPS) is 38.4. The molecule has 3 fully saturated rings. The topological polar surface area (TPSA) is 47.9 Å². The Morgan fingerprint density at radius 2 is 1.81 bits per heavy atom. The molecule has 26 heavy (non-hydrogen) atoms. The fraction of sp³-hybridized carbons (Fsp3) is 0.810. The lowest BCUT2D eigenvalue weighted by atomic mass is 9.85. The standard InChI is InChI=1S/C21H36O4Si/c1-6-10-17-15(2)18-20(25-21(24-18)12-8-7-9-13-21)19(23-17)16(22)11-14-26(3,4)5/h6,11,14-20,22H,1,7-10,12-13H2,2-5H3/b14-11+/t15-,16-,17-,18-,19-,20-/m0/s1. The predicted molar refractivity (Wildman–Crippen MR) is 107 cm³/mol. The highest BCUT2D eigenvalue weighted by Crippen LogP contribution is 2.47. The van der Waals surface area contributed by atoms with Gasteiger partial charge in [0.05, 0.1) is 20.3 Å². The minimum atomic E-state index is -1.39. The van der Waals surface area contributed by atoms with Crippen molar-refractivity contribution in [1.29, 1.82) is 0 Å². The molecule has 4 nitrogen and oxygen atoms in total. The molecule has 1 spiro atoms. The van der Waals surface area contributed by atoms with E-state index in [-0.39, 0.29) is 30.3 Å². The maximum atomic E-state index is 10.9. The molecule has 0 radical (unpaired) electrons. The van der Waals surface area contributed by atoms with Crippen LogP contribution in [0.1, 0.15) is 45.4 Å². The summed E-state index contributed by atoms with van der Waals surface area (Å²) in [6.45, 7) is 12.8. The van der Waals surface area contributed by atoms with Crippen molar-refractivity contribution in [3.63, 3.8) is 0 Å². The van der Waals surface area contributed by atoms with Gasteiger partial charge in [0.1, 0.15) is 18.3 Å². The number of hydrogen-bond donors (Lipinski definition) is 1. The van der Waals surface area contributed by atoms with Crippen LogP contribution in [0, 0.1) is 5.92 Å². The fourth-order valence-electron chi connectivity index (χ4n) is 4.47. The number of rotatable bonds is 5. The van der Waals surface area contributed by atoms with Gasteiger partial charge in [0.25, 0.3) is 0 Å². The summed E-state index contributed by atoms with van der Waals surface area (Å²) in [5.74, 6) is -0.238. The highest BCUT2D eigenvalue weighted by molar-refractivity contribution is 6.80.